The molecule has 0 aromatic carbocycles. The molecule has 1 spiro atoms. The van der Waals surface area contributed by atoms with Gasteiger partial charge in [-0.2, -0.15) is 5.06 Å². The molecule has 0 amide bonds. The summed E-state index contributed by atoms with van der Waals surface area (Å²) >= 11 is 0. The second-order valence-electron chi connectivity index (χ2n) is 6.41. The first-order valence-electron chi connectivity index (χ1n) is 7.51. The summed E-state index contributed by atoms with van der Waals surface area (Å²) < 4.78 is 27.9. The molecule has 1 heterocycles. The molecular weight excluding hydrogens is 316 g/mol. The lowest BCUT2D eigenvalue weighted by Crippen LogP contribution is -2.37. The van der Waals surface area contributed by atoms with Crippen LogP contribution in [0, 0.1) is 5.41 Å². The number of rotatable bonds is 4. The molecule has 0 radical (unpaired) electrons. The fourth-order valence-electron chi connectivity index (χ4n) is 3.54. The van der Waals surface area contributed by atoms with Gasteiger partial charge in [-0.1, -0.05) is 25.7 Å². The fourth-order valence-corrected chi connectivity index (χ4v) is 6.11. The topological polar surface area (TPSA) is 107 Å². The van der Waals surface area contributed by atoms with Crippen LogP contribution < -0.4 is 0 Å². The maximum atomic E-state index is 11.9. The highest BCUT2D eigenvalue weighted by Gasteiger charge is 2.39. The van der Waals surface area contributed by atoms with Gasteiger partial charge in [0.15, 0.2) is 5.90 Å². The van der Waals surface area contributed by atoms with Crippen molar-refractivity contribution in [2.45, 2.75) is 51.4 Å². The third-order valence-electron chi connectivity index (χ3n) is 4.40. The lowest BCUT2D eigenvalue weighted by atomic mass is 9.71. The van der Waals surface area contributed by atoms with E-state index in [1.54, 1.807) is 0 Å². The van der Waals surface area contributed by atoms with E-state index in [0.29, 0.717) is 13.1 Å². The summed E-state index contributed by atoms with van der Waals surface area (Å²) in [6, 6.07) is 0. The predicted octanol–water partition coefficient (Wildman–Crippen LogP) is 2.68. The van der Waals surface area contributed by atoms with E-state index in [2.05, 4.69) is 0 Å². The molecule has 1 saturated heterocycles. The van der Waals surface area contributed by atoms with Crippen LogP contribution in [0.25, 0.3) is 0 Å². The van der Waals surface area contributed by atoms with Crippen molar-refractivity contribution in [1.29, 1.82) is 0 Å². The molecule has 1 unspecified atom stereocenters. The molecule has 1 atom stereocenters. The van der Waals surface area contributed by atoms with Crippen molar-refractivity contribution < 1.29 is 28.4 Å². The van der Waals surface area contributed by atoms with Crippen LogP contribution in [0.2, 0.25) is 0 Å². The monoisotopic (exact) mass is 341 g/mol. The highest BCUT2D eigenvalue weighted by atomic mass is 31.2. The predicted molar refractivity (Wildman–Crippen MR) is 78.8 cm³/mol. The third-order valence-corrected chi connectivity index (χ3v) is 7.79. The molecular formula is C12H25NO6P2. The minimum atomic E-state index is -4.57. The SMILES string of the molecule is O=P(O)(O)CP(=O)(O)ON1CCCCC2(CCCCC2)C1. The van der Waals surface area contributed by atoms with Crippen LogP contribution in [0.4, 0.5) is 0 Å². The van der Waals surface area contributed by atoms with Crippen LogP contribution in [-0.4, -0.2) is 38.7 Å². The summed E-state index contributed by atoms with van der Waals surface area (Å²) in [7, 11) is -8.88. The number of nitrogens with zero attached hydrogens (tertiary/aromatic N) is 1. The van der Waals surface area contributed by atoms with Gasteiger partial charge in [0.1, 0.15) is 0 Å². The van der Waals surface area contributed by atoms with Gasteiger partial charge in [-0.15, -0.1) is 0 Å². The van der Waals surface area contributed by atoms with E-state index in [1.807, 2.05) is 0 Å². The summed E-state index contributed by atoms with van der Waals surface area (Å²) in [5, 5.41) is 1.48. The van der Waals surface area contributed by atoms with Crippen molar-refractivity contribution in [3.8, 4) is 0 Å². The first-order valence-corrected chi connectivity index (χ1v) is 11.1. The summed E-state index contributed by atoms with van der Waals surface area (Å²) in [6.07, 6.45) is 8.81. The van der Waals surface area contributed by atoms with E-state index in [1.165, 1.54) is 24.3 Å². The maximum Gasteiger partial charge on any atom is 0.356 e. The van der Waals surface area contributed by atoms with Gasteiger partial charge in [0.25, 0.3) is 0 Å². The van der Waals surface area contributed by atoms with E-state index in [0.717, 1.165) is 32.1 Å². The van der Waals surface area contributed by atoms with E-state index in [9.17, 15) is 14.0 Å². The fraction of sp³-hybridized carbons (Fsp3) is 1.00. The molecule has 21 heavy (non-hydrogen) atoms. The highest BCUT2D eigenvalue weighted by Crippen LogP contribution is 2.56. The van der Waals surface area contributed by atoms with E-state index in [4.69, 9.17) is 14.4 Å². The van der Waals surface area contributed by atoms with Gasteiger partial charge in [0, 0.05) is 13.1 Å². The number of hydrogen-bond donors (Lipinski definition) is 3. The van der Waals surface area contributed by atoms with Crippen molar-refractivity contribution in [3.63, 3.8) is 0 Å². The maximum absolute atomic E-state index is 11.9. The molecule has 2 fully saturated rings. The van der Waals surface area contributed by atoms with Crippen LogP contribution in [-0.2, 0) is 13.8 Å². The van der Waals surface area contributed by atoms with Crippen LogP contribution >= 0.6 is 15.2 Å². The van der Waals surface area contributed by atoms with Gasteiger partial charge < -0.3 is 14.7 Å². The molecule has 2 rings (SSSR count). The first-order chi connectivity index (χ1) is 9.70. The zero-order valence-electron chi connectivity index (χ0n) is 12.2. The lowest BCUT2D eigenvalue weighted by molar-refractivity contribution is -0.0932. The summed E-state index contributed by atoms with van der Waals surface area (Å²) in [5.41, 5.74) is 0.136. The van der Waals surface area contributed by atoms with Crippen molar-refractivity contribution >= 4 is 15.2 Å². The molecule has 0 bridgehead atoms. The van der Waals surface area contributed by atoms with Gasteiger partial charge >= 0.3 is 15.2 Å². The normalized spacial score (nSPS) is 27.2. The molecule has 3 N–H and O–H groups in total. The van der Waals surface area contributed by atoms with E-state index < -0.39 is 21.1 Å². The zero-order valence-corrected chi connectivity index (χ0v) is 14.0. The Balaban J connectivity index is 2.01. The third kappa shape index (κ3) is 5.76. The summed E-state index contributed by atoms with van der Waals surface area (Å²) in [6.45, 7) is 1.12. The van der Waals surface area contributed by atoms with Gasteiger partial charge in [-0.05, 0) is 31.1 Å². The minimum absolute atomic E-state index is 0.136. The van der Waals surface area contributed by atoms with Crippen molar-refractivity contribution in [1.82, 2.24) is 5.06 Å². The van der Waals surface area contributed by atoms with Gasteiger partial charge in [0.2, 0.25) is 0 Å². The largest absolute Gasteiger partial charge is 0.356 e. The molecule has 1 aliphatic heterocycles. The number of hydrogen-bond acceptors (Lipinski definition) is 4. The molecule has 0 aromatic rings. The standard InChI is InChI=1S/C12H25NO6P2/c14-20(15,16)11-21(17,18)19-13-9-5-4-8-12(10-13)6-2-1-3-7-12/h1-11H2,(H,17,18)(H2,14,15,16). The average Bonchev–Trinajstić information content (AvgIpc) is 2.49. The highest BCUT2D eigenvalue weighted by molar-refractivity contribution is 7.69. The van der Waals surface area contributed by atoms with Gasteiger partial charge in [-0.25, -0.2) is 4.62 Å². The van der Waals surface area contributed by atoms with E-state index >= 15 is 0 Å². The second kappa shape index (κ2) is 6.79. The molecule has 7 nitrogen and oxygen atoms in total. The molecule has 0 aromatic heterocycles. The Morgan fingerprint density at radius 2 is 1.52 bits per heavy atom. The molecule has 124 valence electrons. The van der Waals surface area contributed by atoms with Crippen molar-refractivity contribution in [3.05, 3.63) is 0 Å². The van der Waals surface area contributed by atoms with Crippen molar-refractivity contribution in [2.24, 2.45) is 5.41 Å². The Bertz CT molecular complexity index is 445. The van der Waals surface area contributed by atoms with Gasteiger partial charge in [-0.3, -0.25) is 9.13 Å². The Kier molecular flexibility index (Phi) is 5.70. The van der Waals surface area contributed by atoms with Crippen LogP contribution in [0.15, 0.2) is 0 Å². The Hall–Kier alpha value is 0.260. The summed E-state index contributed by atoms with van der Waals surface area (Å²) in [4.78, 5) is 27.4. The van der Waals surface area contributed by atoms with Crippen LogP contribution in [0.3, 0.4) is 0 Å². The lowest BCUT2D eigenvalue weighted by Gasteiger charge is -2.39. The quantitative estimate of drug-likeness (QED) is 0.675. The minimum Gasteiger partial charge on any atom is -0.324 e. The Morgan fingerprint density at radius 1 is 0.952 bits per heavy atom. The van der Waals surface area contributed by atoms with E-state index in [-0.39, 0.29) is 5.41 Å². The smallest absolute Gasteiger partial charge is 0.324 e. The first kappa shape index (κ1) is 17.6. The van der Waals surface area contributed by atoms with Crippen LogP contribution in [0.5, 0.6) is 0 Å². The molecule has 1 aliphatic carbocycles. The molecule has 9 heteroatoms. The van der Waals surface area contributed by atoms with Gasteiger partial charge in [0.05, 0.1) is 0 Å². The second-order valence-corrected chi connectivity index (χ2v) is 10.3. The Morgan fingerprint density at radius 3 is 2.10 bits per heavy atom. The average molecular weight is 341 g/mol. The Labute approximate surface area is 125 Å². The summed E-state index contributed by atoms with van der Waals surface area (Å²) in [5.74, 6) is -1.12. The zero-order chi connectivity index (χ0) is 15.6. The number of hydroxylamine groups is 2. The molecule has 1 saturated carbocycles. The molecule has 2 aliphatic rings. The van der Waals surface area contributed by atoms with Crippen LogP contribution in [0.1, 0.15) is 51.4 Å². The van der Waals surface area contributed by atoms with Crippen molar-refractivity contribution in [2.75, 3.05) is 19.0 Å².